The monoisotopic (exact) mass is 286 g/mol. The molecule has 1 aliphatic rings. The maximum absolute atomic E-state index is 10.7. The van der Waals surface area contributed by atoms with Crippen LogP contribution in [0.1, 0.15) is 12.6 Å². The van der Waals surface area contributed by atoms with E-state index < -0.39 is 24.0 Å². The smallest absolute Gasteiger partial charge is 0.165 e. The van der Waals surface area contributed by atoms with Crippen molar-refractivity contribution in [1.82, 2.24) is 9.55 Å². The normalized spacial score (nSPS) is 32.4. The van der Waals surface area contributed by atoms with Gasteiger partial charge < -0.3 is 19.5 Å². The van der Waals surface area contributed by atoms with Crippen LogP contribution in [-0.4, -0.2) is 37.6 Å². The summed E-state index contributed by atoms with van der Waals surface area (Å²) in [6.07, 6.45) is 2.41. The number of nitrogens with zero attached hydrogens (tertiary/aromatic N) is 2. The lowest BCUT2D eigenvalue weighted by Gasteiger charge is -2.28. The van der Waals surface area contributed by atoms with E-state index in [9.17, 15) is 10.2 Å². The molecule has 2 aromatic rings. The number of fused-ring (bicyclic) bond motifs is 1. The molecule has 2 heterocycles. The molecule has 1 saturated heterocycles. The molecule has 5 heteroatoms. The Hall–Kier alpha value is -1.95. The average Bonchev–Trinajstić information content (AvgIpc) is 3.01. The molecular formula is C16H18N2O3. The molecule has 0 unspecified atom stereocenters. The molecule has 0 saturated carbocycles. The SMILES string of the molecule is C=CC[C@@]1(O)[C@@H](C=C)O[C@@H](n2cnc3ccccc32)[C@@H]1O. The summed E-state index contributed by atoms with van der Waals surface area (Å²) < 4.78 is 7.53. The van der Waals surface area contributed by atoms with E-state index in [4.69, 9.17) is 4.74 Å². The van der Waals surface area contributed by atoms with E-state index in [1.54, 1.807) is 17.0 Å². The van der Waals surface area contributed by atoms with Crippen LogP contribution in [0.3, 0.4) is 0 Å². The van der Waals surface area contributed by atoms with Crippen molar-refractivity contribution in [2.24, 2.45) is 0 Å². The molecule has 0 amide bonds. The van der Waals surface area contributed by atoms with Gasteiger partial charge in [0.15, 0.2) is 6.23 Å². The number of imidazole rings is 1. The van der Waals surface area contributed by atoms with Crippen molar-refractivity contribution in [2.75, 3.05) is 0 Å². The largest absolute Gasteiger partial charge is 0.385 e. The van der Waals surface area contributed by atoms with Crippen LogP contribution in [0.15, 0.2) is 55.9 Å². The highest BCUT2D eigenvalue weighted by molar-refractivity contribution is 5.75. The molecular weight excluding hydrogens is 268 g/mol. The summed E-state index contributed by atoms with van der Waals surface area (Å²) in [6.45, 7) is 7.31. The van der Waals surface area contributed by atoms with Crippen molar-refractivity contribution in [1.29, 1.82) is 0 Å². The van der Waals surface area contributed by atoms with Crippen LogP contribution < -0.4 is 0 Å². The number of benzene rings is 1. The van der Waals surface area contributed by atoms with Crippen LogP contribution in [-0.2, 0) is 4.74 Å². The zero-order chi connectivity index (χ0) is 15.0. The third-order valence-electron chi connectivity index (χ3n) is 4.00. The maximum atomic E-state index is 10.7. The lowest BCUT2D eigenvalue weighted by molar-refractivity contribution is -0.0645. The van der Waals surface area contributed by atoms with Gasteiger partial charge >= 0.3 is 0 Å². The number of aliphatic hydroxyl groups excluding tert-OH is 1. The fourth-order valence-corrected chi connectivity index (χ4v) is 2.88. The minimum absolute atomic E-state index is 0.216. The summed E-state index contributed by atoms with van der Waals surface area (Å²) in [5, 5.41) is 21.3. The van der Waals surface area contributed by atoms with Crippen molar-refractivity contribution < 1.29 is 14.9 Å². The third-order valence-corrected chi connectivity index (χ3v) is 4.00. The molecule has 2 N–H and O–H groups in total. The Morgan fingerprint density at radius 2 is 2.14 bits per heavy atom. The second-order valence-electron chi connectivity index (χ2n) is 5.25. The van der Waals surface area contributed by atoms with Gasteiger partial charge in [0, 0.05) is 0 Å². The molecule has 1 aliphatic heterocycles. The standard InChI is InChI=1S/C16H18N2O3/c1-3-9-16(20)13(4-2)21-15(14(16)19)18-10-17-11-7-5-6-8-12(11)18/h3-8,10,13-15,19-20H,1-2,9H2/t13-,14+,15-,16-/m1/s1. The Kier molecular flexibility index (Phi) is 3.41. The minimum atomic E-state index is -1.43. The lowest BCUT2D eigenvalue weighted by atomic mass is 9.88. The second kappa shape index (κ2) is 5.11. The first-order valence-electron chi connectivity index (χ1n) is 6.82. The van der Waals surface area contributed by atoms with Crippen LogP contribution >= 0.6 is 0 Å². The molecule has 5 nitrogen and oxygen atoms in total. The van der Waals surface area contributed by atoms with E-state index in [0.29, 0.717) is 0 Å². The number of aliphatic hydroxyl groups is 2. The minimum Gasteiger partial charge on any atom is -0.385 e. The van der Waals surface area contributed by atoms with Crippen LogP contribution in [0.4, 0.5) is 0 Å². The summed E-state index contributed by atoms with van der Waals surface area (Å²) >= 11 is 0. The third kappa shape index (κ3) is 2.01. The topological polar surface area (TPSA) is 67.5 Å². The van der Waals surface area contributed by atoms with Gasteiger partial charge in [-0.3, -0.25) is 0 Å². The van der Waals surface area contributed by atoms with E-state index in [1.165, 1.54) is 6.08 Å². The first kappa shape index (κ1) is 14.0. The number of hydrogen-bond acceptors (Lipinski definition) is 4. The highest BCUT2D eigenvalue weighted by atomic mass is 16.6. The Labute approximate surface area is 122 Å². The summed E-state index contributed by atoms with van der Waals surface area (Å²) in [6, 6.07) is 7.56. The first-order valence-corrected chi connectivity index (χ1v) is 6.82. The van der Waals surface area contributed by atoms with Crippen molar-refractivity contribution in [3.05, 3.63) is 55.9 Å². The van der Waals surface area contributed by atoms with Gasteiger partial charge in [-0.1, -0.05) is 24.3 Å². The summed E-state index contributed by atoms with van der Waals surface area (Å²) in [7, 11) is 0. The number of para-hydroxylation sites is 2. The van der Waals surface area contributed by atoms with Crippen LogP contribution in [0.5, 0.6) is 0 Å². The van der Waals surface area contributed by atoms with Gasteiger partial charge in [-0.05, 0) is 18.6 Å². The first-order chi connectivity index (χ1) is 10.1. The molecule has 4 atom stereocenters. The predicted octanol–water partition coefficient (Wildman–Crippen LogP) is 1.79. The van der Waals surface area contributed by atoms with Gasteiger partial charge in [0.05, 0.1) is 17.4 Å². The Morgan fingerprint density at radius 3 is 2.86 bits per heavy atom. The molecule has 1 aromatic heterocycles. The van der Waals surface area contributed by atoms with E-state index in [1.807, 2.05) is 24.3 Å². The summed E-state index contributed by atoms with van der Waals surface area (Å²) in [5.74, 6) is 0. The van der Waals surface area contributed by atoms with Crippen LogP contribution in [0, 0.1) is 0 Å². The Balaban J connectivity index is 2.04. The quantitative estimate of drug-likeness (QED) is 0.841. The fourth-order valence-electron chi connectivity index (χ4n) is 2.88. The van der Waals surface area contributed by atoms with Crippen molar-refractivity contribution in [3.8, 4) is 0 Å². The molecule has 0 spiro atoms. The van der Waals surface area contributed by atoms with Gasteiger partial charge in [-0.2, -0.15) is 0 Å². The van der Waals surface area contributed by atoms with Gasteiger partial charge in [0.2, 0.25) is 0 Å². The van der Waals surface area contributed by atoms with E-state index in [2.05, 4.69) is 18.1 Å². The number of aromatic nitrogens is 2. The predicted molar refractivity (Wildman–Crippen MR) is 79.6 cm³/mol. The van der Waals surface area contributed by atoms with Gasteiger partial charge in [0.1, 0.15) is 17.8 Å². The van der Waals surface area contributed by atoms with Gasteiger partial charge in [0.25, 0.3) is 0 Å². The zero-order valence-electron chi connectivity index (χ0n) is 11.6. The van der Waals surface area contributed by atoms with Crippen molar-refractivity contribution in [2.45, 2.75) is 30.5 Å². The number of hydrogen-bond donors (Lipinski definition) is 2. The number of ether oxygens (including phenoxy) is 1. The molecule has 110 valence electrons. The molecule has 0 aliphatic carbocycles. The Bertz CT molecular complexity index is 681. The average molecular weight is 286 g/mol. The fraction of sp³-hybridized carbons (Fsp3) is 0.312. The van der Waals surface area contributed by atoms with E-state index in [0.717, 1.165) is 11.0 Å². The molecule has 3 rings (SSSR count). The van der Waals surface area contributed by atoms with E-state index >= 15 is 0 Å². The Morgan fingerprint density at radius 1 is 1.38 bits per heavy atom. The maximum Gasteiger partial charge on any atom is 0.165 e. The molecule has 1 fully saturated rings. The highest BCUT2D eigenvalue weighted by Gasteiger charge is 2.54. The van der Waals surface area contributed by atoms with Crippen molar-refractivity contribution in [3.63, 3.8) is 0 Å². The van der Waals surface area contributed by atoms with Crippen molar-refractivity contribution >= 4 is 11.0 Å². The summed E-state index contributed by atoms with van der Waals surface area (Å²) in [4.78, 5) is 4.29. The van der Waals surface area contributed by atoms with Crippen LogP contribution in [0.2, 0.25) is 0 Å². The van der Waals surface area contributed by atoms with Gasteiger partial charge in [-0.15, -0.1) is 13.2 Å². The van der Waals surface area contributed by atoms with Gasteiger partial charge in [-0.25, -0.2) is 4.98 Å². The molecule has 1 aromatic carbocycles. The van der Waals surface area contributed by atoms with Crippen LogP contribution in [0.25, 0.3) is 11.0 Å². The van der Waals surface area contributed by atoms with E-state index in [-0.39, 0.29) is 6.42 Å². The lowest BCUT2D eigenvalue weighted by Crippen LogP contribution is -2.46. The highest BCUT2D eigenvalue weighted by Crippen LogP contribution is 2.41. The molecule has 0 radical (unpaired) electrons. The summed E-state index contributed by atoms with van der Waals surface area (Å²) in [5.41, 5.74) is 0.217. The molecule has 0 bridgehead atoms. The zero-order valence-corrected chi connectivity index (χ0v) is 11.6. The second-order valence-corrected chi connectivity index (χ2v) is 5.25. The molecule has 21 heavy (non-hydrogen) atoms. The number of rotatable bonds is 4.